The first kappa shape index (κ1) is 22.2. The number of nitrogens with zero attached hydrogens (tertiary/aromatic N) is 2. The van der Waals surface area contributed by atoms with Crippen LogP contribution in [0.15, 0.2) is 88.9 Å². The first-order valence-electron chi connectivity index (χ1n) is 9.33. The van der Waals surface area contributed by atoms with Gasteiger partial charge >= 0.3 is 0 Å². The first-order valence-corrected chi connectivity index (χ1v) is 12.7. The van der Waals surface area contributed by atoms with Gasteiger partial charge in [-0.05, 0) is 82.3 Å². The molecule has 1 N–H and O–H groups in total. The number of rotatable bonds is 4. The summed E-state index contributed by atoms with van der Waals surface area (Å²) in [6, 6.07) is 23.9. The summed E-state index contributed by atoms with van der Waals surface area (Å²) in [4.78, 5) is 0.149. The van der Waals surface area contributed by atoms with Crippen LogP contribution in [0.1, 0.15) is 17.0 Å². The number of hydrogen-bond donors (Lipinski definition) is 1. The van der Waals surface area contributed by atoms with Crippen molar-refractivity contribution in [3.05, 3.63) is 98.6 Å². The maximum atomic E-state index is 12.8. The summed E-state index contributed by atoms with van der Waals surface area (Å²) in [5.74, 6) is -0.0665. The summed E-state index contributed by atoms with van der Waals surface area (Å²) in [5, 5.41) is 6.87. The van der Waals surface area contributed by atoms with Gasteiger partial charge in [-0.3, -0.25) is 4.72 Å². The highest BCUT2D eigenvalue weighted by Crippen LogP contribution is 2.29. The average Bonchev–Trinajstić information content (AvgIpc) is 3.21. The van der Waals surface area contributed by atoms with Crippen molar-refractivity contribution in [1.29, 1.82) is 0 Å². The second-order valence-corrected chi connectivity index (χ2v) is 10.7. The van der Waals surface area contributed by atoms with E-state index in [1.165, 1.54) is 5.01 Å². The highest BCUT2D eigenvalue weighted by molar-refractivity contribution is 14.1. The molecule has 0 radical (unpaired) electrons. The summed E-state index contributed by atoms with van der Waals surface area (Å²) < 4.78 is 29.0. The summed E-state index contributed by atoms with van der Waals surface area (Å²) in [7, 11) is -3.81. The van der Waals surface area contributed by atoms with E-state index >= 15 is 0 Å². The predicted molar refractivity (Wildman–Crippen MR) is 136 cm³/mol. The standard InChI is InChI=1S/C22H17ClIN3O2S2/c23-17-8-6-16(7-9-17)21-20(15-4-2-1-3-5-15)14-27(25-21)22(30)26-31(28,29)19-12-10-18(24)11-13-19/h1-13,20H,14H2,(H,26,30). The van der Waals surface area contributed by atoms with Gasteiger partial charge in [0.05, 0.1) is 17.2 Å². The Morgan fingerprint density at radius 3 is 2.32 bits per heavy atom. The maximum absolute atomic E-state index is 12.8. The average molecular weight is 582 g/mol. The Labute approximate surface area is 205 Å². The third-order valence-corrected chi connectivity index (χ3v) is 7.60. The van der Waals surface area contributed by atoms with Gasteiger partial charge < -0.3 is 0 Å². The van der Waals surface area contributed by atoms with Crippen molar-refractivity contribution in [2.24, 2.45) is 5.10 Å². The molecule has 0 bridgehead atoms. The molecule has 4 rings (SSSR count). The zero-order valence-corrected chi connectivity index (χ0v) is 20.6. The summed E-state index contributed by atoms with van der Waals surface area (Å²) in [6.45, 7) is 0.427. The normalized spacial score (nSPS) is 16.1. The lowest BCUT2D eigenvalue weighted by atomic mass is 9.91. The molecule has 0 amide bonds. The molecule has 1 aliphatic heterocycles. The number of hydrogen-bond acceptors (Lipinski definition) is 4. The number of thiocarbonyl (C=S) groups is 1. The molecule has 0 fully saturated rings. The van der Waals surface area contributed by atoms with Crippen molar-refractivity contribution < 1.29 is 8.42 Å². The molecule has 5 nitrogen and oxygen atoms in total. The van der Waals surface area contributed by atoms with Crippen molar-refractivity contribution in [3.63, 3.8) is 0 Å². The van der Waals surface area contributed by atoms with E-state index in [1.54, 1.807) is 24.3 Å². The van der Waals surface area contributed by atoms with Gasteiger partial charge in [-0.2, -0.15) is 5.10 Å². The lowest BCUT2D eigenvalue weighted by Crippen LogP contribution is -2.39. The largest absolute Gasteiger partial charge is 0.263 e. The highest BCUT2D eigenvalue weighted by atomic mass is 127. The number of sulfonamides is 1. The van der Waals surface area contributed by atoms with Crippen LogP contribution in [0.5, 0.6) is 0 Å². The van der Waals surface area contributed by atoms with E-state index < -0.39 is 10.0 Å². The van der Waals surface area contributed by atoms with Gasteiger partial charge in [-0.15, -0.1) is 0 Å². The van der Waals surface area contributed by atoms with Crippen LogP contribution in [0.2, 0.25) is 5.02 Å². The molecule has 0 aliphatic carbocycles. The van der Waals surface area contributed by atoms with Gasteiger partial charge in [0.2, 0.25) is 5.11 Å². The number of halogens is 2. The van der Waals surface area contributed by atoms with Crippen LogP contribution >= 0.6 is 46.4 Å². The second kappa shape index (κ2) is 9.23. The molecule has 3 aromatic rings. The molecule has 31 heavy (non-hydrogen) atoms. The lowest BCUT2D eigenvalue weighted by molar-refractivity contribution is 0.472. The van der Waals surface area contributed by atoms with E-state index in [9.17, 15) is 8.42 Å². The molecule has 0 aromatic heterocycles. The monoisotopic (exact) mass is 581 g/mol. The molecule has 0 saturated heterocycles. The zero-order chi connectivity index (χ0) is 22.0. The van der Waals surface area contributed by atoms with E-state index in [1.807, 2.05) is 54.6 Å². The SMILES string of the molecule is O=S(=O)(NC(=S)N1CC(c2ccccc2)C(c2ccc(Cl)cc2)=N1)c1ccc(I)cc1. The fourth-order valence-electron chi connectivity index (χ4n) is 3.30. The van der Waals surface area contributed by atoms with Crippen LogP contribution < -0.4 is 4.72 Å². The predicted octanol–water partition coefficient (Wildman–Crippen LogP) is 5.01. The van der Waals surface area contributed by atoms with Crippen molar-refractivity contribution in [3.8, 4) is 0 Å². The van der Waals surface area contributed by atoms with E-state index in [4.69, 9.17) is 23.8 Å². The van der Waals surface area contributed by atoms with Gasteiger partial charge in [0, 0.05) is 14.5 Å². The fourth-order valence-corrected chi connectivity index (χ4v) is 5.17. The van der Waals surface area contributed by atoms with Gasteiger partial charge in [0.15, 0.2) is 0 Å². The molecule has 1 heterocycles. The summed E-state index contributed by atoms with van der Waals surface area (Å²) in [6.07, 6.45) is 0. The Balaban J connectivity index is 1.62. The van der Waals surface area contributed by atoms with E-state index in [-0.39, 0.29) is 15.9 Å². The molecule has 158 valence electrons. The molecule has 1 unspecified atom stereocenters. The van der Waals surface area contributed by atoms with Crippen molar-refractivity contribution >= 4 is 67.3 Å². The highest BCUT2D eigenvalue weighted by Gasteiger charge is 2.32. The van der Waals surface area contributed by atoms with Crippen LogP contribution in [0.4, 0.5) is 0 Å². The van der Waals surface area contributed by atoms with Crippen LogP contribution in [0.3, 0.4) is 0 Å². The van der Waals surface area contributed by atoms with Gasteiger partial charge in [0.25, 0.3) is 10.0 Å². The van der Waals surface area contributed by atoms with Gasteiger partial charge in [0.1, 0.15) is 0 Å². The molecule has 3 aromatic carbocycles. The minimum atomic E-state index is -3.81. The van der Waals surface area contributed by atoms with Gasteiger partial charge in [-0.1, -0.05) is 54.1 Å². The molecule has 0 spiro atoms. The van der Waals surface area contributed by atoms with Crippen LogP contribution in [0.25, 0.3) is 0 Å². The number of nitrogens with one attached hydrogen (secondary N) is 1. The third kappa shape index (κ3) is 5.08. The number of benzene rings is 3. The van der Waals surface area contributed by atoms with Crippen molar-refractivity contribution in [2.75, 3.05) is 6.54 Å². The first-order chi connectivity index (χ1) is 14.8. The Morgan fingerprint density at radius 1 is 1.03 bits per heavy atom. The Kier molecular flexibility index (Phi) is 6.61. The number of hydrazone groups is 1. The molecule has 1 aliphatic rings. The maximum Gasteiger partial charge on any atom is 0.263 e. The summed E-state index contributed by atoms with van der Waals surface area (Å²) in [5.41, 5.74) is 2.78. The van der Waals surface area contributed by atoms with Crippen LogP contribution in [-0.4, -0.2) is 30.8 Å². The minimum Gasteiger partial charge on any atom is -0.254 e. The van der Waals surface area contributed by atoms with Crippen molar-refractivity contribution in [1.82, 2.24) is 9.73 Å². The van der Waals surface area contributed by atoms with E-state index in [0.717, 1.165) is 20.4 Å². The quantitative estimate of drug-likeness (QED) is 0.348. The van der Waals surface area contributed by atoms with Gasteiger partial charge in [-0.25, -0.2) is 13.4 Å². The Hall–Kier alpha value is -2.01. The third-order valence-electron chi connectivity index (χ3n) is 4.84. The molecular formula is C22H17ClIN3O2S2. The minimum absolute atomic E-state index is 0.0310. The smallest absolute Gasteiger partial charge is 0.254 e. The summed E-state index contributed by atoms with van der Waals surface area (Å²) >= 11 is 13.6. The second-order valence-electron chi connectivity index (χ2n) is 6.90. The van der Waals surface area contributed by atoms with Crippen LogP contribution in [-0.2, 0) is 10.0 Å². The lowest BCUT2D eigenvalue weighted by Gasteiger charge is -2.18. The zero-order valence-electron chi connectivity index (χ0n) is 16.1. The molecular weight excluding hydrogens is 565 g/mol. The Bertz CT molecular complexity index is 1230. The Morgan fingerprint density at radius 2 is 1.68 bits per heavy atom. The van der Waals surface area contributed by atoms with Crippen LogP contribution in [0, 0.1) is 3.57 Å². The molecule has 9 heteroatoms. The molecule has 1 atom stereocenters. The fraction of sp³-hybridized carbons (Fsp3) is 0.0909. The topological polar surface area (TPSA) is 61.8 Å². The van der Waals surface area contributed by atoms with Crippen molar-refractivity contribution in [2.45, 2.75) is 10.8 Å². The molecule has 0 saturated carbocycles. The van der Waals surface area contributed by atoms with E-state index in [2.05, 4.69) is 32.4 Å². The van der Waals surface area contributed by atoms with E-state index in [0.29, 0.717) is 11.6 Å².